The summed E-state index contributed by atoms with van der Waals surface area (Å²) in [6.45, 7) is 1.90. The average Bonchev–Trinajstić information content (AvgIpc) is 3.10. The number of hydrogen-bond donors (Lipinski definition) is 1. The van der Waals surface area contributed by atoms with Crippen molar-refractivity contribution in [2.24, 2.45) is 0 Å². The van der Waals surface area contributed by atoms with Crippen molar-refractivity contribution >= 4 is 11.6 Å². The first-order valence-corrected chi connectivity index (χ1v) is 7.96. The van der Waals surface area contributed by atoms with Gasteiger partial charge in [0.1, 0.15) is 18.0 Å². The fourth-order valence-corrected chi connectivity index (χ4v) is 2.47. The SMILES string of the molecule is COc1ccc(OC)c(NC(=O)Cn2nnc(-c3ccccc3C)n2)c1. The molecule has 0 aliphatic heterocycles. The van der Waals surface area contributed by atoms with E-state index in [1.54, 1.807) is 25.3 Å². The molecule has 0 atom stereocenters. The third kappa shape index (κ3) is 3.80. The Morgan fingerprint density at radius 3 is 2.69 bits per heavy atom. The lowest BCUT2D eigenvalue weighted by Gasteiger charge is -2.11. The number of carbonyl (C=O) groups is 1. The molecule has 3 aromatic rings. The maximum atomic E-state index is 12.3. The summed E-state index contributed by atoms with van der Waals surface area (Å²) >= 11 is 0. The van der Waals surface area contributed by atoms with Gasteiger partial charge >= 0.3 is 0 Å². The van der Waals surface area contributed by atoms with Gasteiger partial charge < -0.3 is 14.8 Å². The van der Waals surface area contributed by atoms with Crippen molar-refractivity contribution in [2.45, 2.75) is 13.5 Å². The van der Waals surface area contributed by atoms with Crippen molar-refractivity contribution in [3.05, 3.63) is 48.0 Å². The molecule has 0 aliphatic carbocycles. The van der Waals surface area contributed by atoms with E-state index < -0.39 is 0 Å². The number of nitrogens with zero attached hydrogens (tertiary/aromatic N) is 4. The number of nitrogens with one attached hydrogen (secondary N) is 1. The second-order valence-corrected chi connectivity index (χ2v) is 5.57. The van der Waals surface area contributed by atoms with Gasteiger partial charge in [0.05, 0.1) is 19.9 Å². The van der Waals surface area contributed by atoms with Gasteiger partial charge in [-0.2, -0.15) is 4.80 Å². The zero-order valence-electron chi connectivity index (χ0n) is 14.8. The smallest absolute Gasteiger partial charge is 0.248 e. The van der Waals surface area contributed by atoms with E-state index in [1.165, 1.54) is 11.9 Å². The van der Waals surface area contributed by atoms with Crippen LogP contribution in [0.4, 0.5) is 5.69 Å². The Morgan fingerprint density at radius 2 is 1.96 bits per heavy atom. The Balaban J connectivity index is 1.73. The lowest BCUT2D eigenvalue weighted by Crippen LogP contribution is -2.20. The molecule has 1 amide bonds. The summed E-state index contributed by atoms with van der Waals surface area (Å²) in [6, 6.07) is 12.9. The second-order valence-electron chi connectivity index (χ2n) is 5.57. The summed E-state index contributed by atoms with van der Waals surface area (Å²) in [5, 5.41) is 15.0. The van der Waals surface area contributed by atoms with E-state index in [4.69, 9.17) is 9.47 Å². The highest BCUT2D eigenvalue weighted by Gasteiger charge is 2.13. The lowest BCUT2D eigenvalue weighted by molar-refractivity contribution is -0.117. The van der Waals surface area contributed by atoms with Crippen LogP contribution in [0.3, 0.4) is 0 Å². The third-order valence-electron chi connectivity index (χ3n) is 3.80. The van der Waals surface area contributed by atoms with Crippen LogP contribution in [0.5, 0.6) is 11.5 Å². The Hall–Kier alpha value is -3.42. The minimum Gasteiger partial charge on any atom is -0.497 e. The van der Waals surface area contributed by atoms with E-state index in [0.29, 0.717) is 23.0 Å². The number of aryl methyl sites for hydroxylation is 1. The molecule has 0 unspecified atom stereocenters. The minimum atomic E-state index is -0.301. The van der Waals surface area contributed by atoms with Crippen molar-refractivity contribution in [3.63, 3.8) is 0 Å². The lowest BCUT2D eigenvalue weighted by atomic mass is 10.1. The second kappa shape index (κ2) is 7.64. The summed E-state index contributed by atoms with van der Waals surface area (Å²) in [5.41, 5.74) is 2.43. The number of ether oxygens (including phenoxy) is 2. The van der Waals surface area contributed by atoms with Gasteiger partial charge in [0.2, 0.25) is 11.7 Å². The Kier molecular flexibility index (Phi) is 5.12. The van der Waals surface area contributed by atoms with E-state index >= 15 is 0 Å². The van der Waals surface area contributed by atoms with Crippen LogP contribution in [0.25, 0.3) is 11.4 Å². The van der Waals surface area contributed by atoms with Crippen LogP contribution in [0.1, 0.15) is 5.56 Å². The number of amides is 1. The van der Waals surface area contributed by atoms with Crippen LogP contribution in [0.2, 0.25) is 0 Å². The molecule has 2 aromatic carbocycles. The molecule has 26 heavy (non-hydrogen) atoms. The predicted molar refractivity (Wildman–Crippen MR) is 96.2 cm³/mol. The van der Waals surface area contributed by atoms with Gasteiger partial charge in [0.15, 0.2) is 0 Å². The van der Waals surface area contributed by atoms with Crippen LogP contribution in [-0.4, -0.2) is 40.3 Å². The number of methoxy groups -OCH3 is 2. The highest BCUT2D eigenvalue weighted by Crippen LogP contribution is 2.28. The fraction of sp³-hybridized carbons (Fsp3) is 0.222. The molecular formula is C18H19N5O3. The van der Waals surface area contributed by atoms with Crippen molar-refractivity contribution in [1.29, 1.82) is 0 Å². The van der Waals surface area contributed by atoms with Crippen molar-refractivity contribution in [2.75, 3.05) is 19.5 Å². The fourth-order valence-electron chi connectivity index (χ4n) is 2.47. The molecule has 1 heterocycles. The largest absolute Gasteiger partial charge is 0.497 e. The van der Waals surface area contributed by atoms with Gasteiger partial charge in [0, 0.05) is 11.6 Å². The number of anilines is 1. The molecule has 0 bridgehead atoms. The molecule has 1 aromatic heterocycles. The summed E-state index contributed by atoms with van der Waals surface area (Å²) in [4.78, 5) is 13.6. The van der Waals surface area contributed by atoms with Gasteiger partial charge in [-0.3, -0.25) is 4.79 Å². The number of tetrazole rings is 1. The molecule has 8 heteroatoms. The zero-order chi connectivity index (χ0) is 18.5. The molecular weight excluding hydrogens is 334 g/mol. The topological polar surface area (TPSA) is 91.2 Å². The Labute approximate surface area is 150 Å². The standard InChI is InChI=1S/C18H19N5O3/c1-12-6-4-5-7-14(12)18-20-22-23(21-18)11-17(24)19-15-10-13(25-2)8-9-16(15)26-3/h4-10H,11H2,1-3H3,(H,19,24). The Morgan fingerprint density at radius 1 is 1.15 bits per heavy atom. The first-order chi connectivity index (χ1) is 12.6. The first-order valence-electron chi connectivity index (χ1n) is 7.96. The molecule has 134 valence electrons. The van der Waals surface area contributed by atoms with Gasteiger partial charge in [-0.15, -0.1) is 10.2 Å². The van der Waals surface area contributed by atoms with Crippen molar-refractivity contribution in [3.8, 4) is 22.9 Å². The minimum absolute atomic E-state index is 0.0702. The third-order valence-corrected chi connectivity index (χ3v) is 3.80. The number of benzene rings is 2. The van der Waals surface area contributed by atoms with Gasteiger partial charge in [-0.1, -0.05) is 24.3 Å². The normalized spacial score (nSPS) is 10.4. The molecule has 0 saturated carbocycles. The van der Waals surface area contributed by atoms with Gasteiger partial charge in [0.25, 0.3) is 0 Å². The molecule has 1 N–H and O–H groups in total. The van der Waals surface area contributed by atoms with Crippen LogP contribution >= 0.6 is 0 Å². The molecule has 0 aliphatic rings. The van der Waals surface area contributed by atoms with Crippen molar-refractivity contribution in [1.82, 2.24) is 20.2 Å². The Bertz CT molecular complexity index is 923. The van der Waals surface area contributed by atoms with E-state index in [9.17, 15) is 4.79 Å². The number of rotatable bonds is 6. The van der Waals surface area contributed by atoms with Crippen LogP contribution in [0.15, 0.2) is 42.5 Å². The van der Waals surface area contributed by atoms with E-state index in [-0.39, 0.29) is 12.5 Å². The maximum absolute atomic E-state index is 12.3. The quantitative estimate of drug-likeness (QED) is 0.731. The van der Waals surface area contributed by atoms with Gasteiger partial charge in [-0.25, -0.2) is 0 Å². The van der Waals surface area contributed by atoms with E-state index in [0.717, 1.165) is 11.1 Å². The highest BCUT2D eigenvalue weighted by atomic mass is 16.5. The number of hydrogen-bond acceptors (Lipinski definition) is 6. The maximum Gasteiger partial charge on any atom is 0.248 e. The van der Waals surface area contributed by atoms with Crippen LogP contribution in [-0.2, 0) is 11.3 Å². The molecule has 0 saturated heterocycles. The molecule has 8 nitrogen and oxygen atoms in total. The van der Waals surface area contributed by atoms with Crippen LogP contribution in [0, 0.1) is 6.92 Å². The molecule has 0 spiro atoms. The van der Waals surface area contributed by atoms with E-state index in [2.05, 4.69) is 20.7 Å². The average molecular weight is 353 g/mol. The zero-order valence-corrected chi connectivity index (χ0v) is 14.8. The summed E-state index contributed by atoms with van der Waals surface area (Å²) in [5.74, 6) is 1.33. The summed E-state index contributed by atoms with van der Waals surface area (Å²) in [6.07, 6.45) is 0. The number of carbonyl (C=O) groups excluding carboxylic acids is 1. The van der Waals surface area contributed by atoms with E-state index in [1.807, 2.05) is 31.2 Å². The monoisotopic (exact) mass is 353 g/mol. The summed E-state index contributed by atoms with van der Waals surface area (Å²) < 4.78 is 10.4. The van der Waals surface area contributed by atoms with Crippen LogP contribution < -0.4 is 14.8 Å². The van der Waals surface area contributed by atoms with Gasteiger partial charge in [-0.05, 0) is 29.8 Å². The summed E-state index contributed by atoms with van der Waals surface area (Å²) in [7, 11) is 3.09. The molecule has 3 rings (SSSR count). The highest BCUT2D eigenvalue weighted by molar-refractivity contribution is 5.92. The molecule has 0 fully saturated rings. The predicted octanol–water partition coefficient (Wildman–Crippen LogP) is 2.30. The first kappa shape index (κ1) is 17.4. The number of aromatic nitrogens is 4. The molecule has 0 radical (unpaired) electrons. The van der Waals surface area contributed by atoms with Crippen molar-refractivity contribution < 1.29 is 14.3 Å².